The molecule has 0 aliphatic rings. The summed E-state index contributed by atoms with van der Waals surface area (Å²) in [4.78, 5) is 18.1. The Kier molecular flexibility index (Phi) is 4.61. The summed E-state index contributed by atoms with van der Waals surface area (Å²) < 4.78 is 6.66. The number of furan rings is 1. The van der Waals surface area contributed by atoms with Crippen LogP contribution in [0.25, 0.3) is 11.0 Å². The highest BCUT2D eigenvalue weighted by Gasteiger charge is 2.15. The van der Waals surface area contributed by atoms with E-state index in [2.05, 4.69) is 38.4 Å². The van der Waals surface area contributed by atoms with Crippen molar-refractivity contribution in [3.8, 4) is 0 Å². The molecular formula is C20H15BrN2O2S. The molecule has 0 saturated carbocycles. The molecule has 0 spiro atoms. The number of benzene rings is 2. The second-order valence-electron chi connectivity index (χ2n) is 5.93. The molecule has 2 aromatic heterocycles. The van der Waals surface area contributed by atoms with E-state index in [-0.39, 0.29) is 11.7 Å². The van der Waals surface area contributed by atoms with E-state index in [1.165, 1.54) is 16.9 Å². The predicted molar refractivity (Wildman–Crippen MR) is 108 cm³/mol. The number of halogens is 1. The average molecular weight is 427 g/mol. The highest BCUT2D eigenvalue weighted by molar-refractivity contribution is 9.10. The third kappa shape index (κ3) is 3.57. The molecule has 0 saturated heterocycles. The first-order valence-electron chi connectivity index (χ1n) is 8.09. The minimum atomic E-state index is -0.287. The van der Waals surface area contributed by atoms with E-state index < -0.39 is 0 Å². The van der Waals surface area contributed by atoms with Crippen LogP contribution in [0.3, 0.4) is 0 Å². The molecule has 0 radical (unpaired) electrons. The fourth-order valence-corrected chi connectivity index (χ4v) is 3.94. The van der Waals surface area contributed by atoms with Crippen molar-refractivity contribution in [2.75, 3.05) is 5.32 Å². The van der Waals surface area contributed by atoms with Gasteiger partial charge in [-0.15, -0.1) is 11.3 Å². The van der Waals surface area contributed by atoms with Crippen LogP contribution in [0, 0.1) is 6.92 Å². The molecule has 130 valence electrons. The van der Waals surface area contributed by atoms with E-state index >= 15 is 0 Å². The van der Waals surface area contributed by atoms with Gasteiger partial charge in [0.15, 0.2) is 10.9 Å². The van der Waals surface area contributed by atoms with Crippen LogP contribution in [-0.2, 0) is 6.42 Å². The van der Waals surface area contributed by atoms with Gasteiger partial charge in [-0.2, -0.15) is 0 Å². The molecular weight excluding hydrogens is 412 g/mol. The van der Waals surface area contributed by atoms with Gasteiger partial charge in [-0.05, 0) is 36.8 Å². The van der Waals surface area contributed by atoms with Crippen molar-refractivity contribution in [3.63, 3.8) is 0 Å². The van der Waals surface area contributed by atoms with Gasteiger partial charge < -0.3 is 4.42 Å². The van der Waals surface area contributed by atoms with Crippen molar-refractivity contribution in [2.24, 2.45) is 0 Å². The number of carbonyl (C=O) groups is 1. The molecule has 0 atom stereocenters. The van der Waals surface area contributed by atoms with Crippen molar-refractivity contribution < 1.29 is 9.21 Å². The van der Waals surface area contributed by atoms with E-state index in [9.17, 15) is 4.79 Å². The molecule has 0 bridgehead atoms. The van der Waals surface area contributed by atoms with Gasteiger partial charge in [0.05, 0.1) is 5.69 Å². The maximum Gasteiger partial charge on any atom is 0.293 e. The van der Waals surface area contributed by atoms with E-state index in [0.717, 1.165) is 26.9 Å². The second-order valence-corrected chi connectivity index (χ2v) is 7.93. The average Bonchev–Trinajstić information content (AvgIpc) is 3.20. The Balaban J connectivity index is 1.51. The minimum Gasteiger partial charge on any atom is -0.451 e. The fraction of sp³-hybridized carbons (Fsp3) is 0.100. The summed E-state index contributed by atoms with van der Waals surface area (Å²) in [5, 5.41) is 4.33. The molecule has 1 N–H and O–H groups in total. The highest BCUT2D eigenvalue weighted by atomic mass is 79.9. The number of anilines is 1. The van der Waals surface area contributed by atoms with Gasteiger partial charge >= 0.3 is 0 Å². The molecule has 0 fully saturated rings. The molecule has 2 aromatic carbocycles. The minimum absolute atomic E-state index is 0.286. The first-order valence-corrected chi connectivity index (χ1v) is 9.70. The summed E-state index contributed by atoms with van der Waals surface area (Å²) >= 11 is 4.94. The van der Waals surface area contributed by atoms with Gasteiger partial charge in [-0.25, -0.2) is 4.98 Å². The number of aryl methyl sites for hydroxylation is 1. The molecule has 26 heavy (non-hydrogen) atoms. The number of aromatic nitrogens is 1. The third-order valence-corrected chi connectivity index (χ3v) is 5.64. The first kappa shape index (κ1) is 17.0. The number of para-hydroxylation sites is 1. The molecule has 0 unspecified atom stereocenters. The van der Waals surface area contributed by atoms with Crippen molar-refractivity contribution in [1.82, 2.24) is 4.98 Å². The molecule has 0 aliphatic heterocycles. The van der Waals surface area contributed by atoms with Crippen LogP contribution in [0.1, 0.15) is 26.7 Å². The fourth-order valence-electron chi connectivity index (χ4n) is 2.69. The lowest BCUT2D eigenvalue weighted by molar-refractivity contribution is 0.0998. The predicted octanol–water partition coefficient (Wildman–Crippen LogP) is 5.80. The zero-order valence-corrected chi connectivity index (χ0v) is 16.4. The number of hydrogen-bond acceptors (Lipinski definition) is 4. The van der Waals surface area contributed by atoms with Gasteiger partial charge in [0.25, 0.3) is 5.91 Å². The Hall–Kier alpha value is -2.44. The maximum absolute atomic E-state index is 12.5. The zero-order chi connectivity index (χ0) is 18.1. The summed E-state index contributed by atoms with van der Waals surface area (Å²) in [5.74, 6) is -0.00125. The van der Waals surface area contributed by atoms with E-state index in [4.69, 9.17) is 4.42 Å². The van der Waals surface area contributed by atoms with Crippen molar-refractivity contribution in [3.05, 3.63) is 81.0 Å². The normalized spacial score (nSPS) is 11.0. The highest BCUT2D eigenvalue weighted by Crippen LogP contribution is 2.27. The molecule has 2 heterocycles. The number of rotatable bonds is 4. The van der Waals surface area contributed by atoms with E-state index in [0.29, 0.717) is 10.7 Å². The van der Waals surface area contributed by atoms with Crippen LogP contribution >= 0.6 is 27.3 Å². The third-order valence-electron chi connectivity index (χ3n) is 4.04. The van der Waals surface area contributed by atoms with Gasteiger partial charge in [0.1, 0.15) is 5.58 Å². The van der Waals surface area contributed by atoms with Crippen molar-refractivity contribution in [2.45, 2.75) is 13.3 Å². The zero-order valence-electron chi connectivity index (χ0n) is 14.0. The Morgan fingerprint density at radius 3 is 2.73 bits per heavy atom. The summed E-state index contributed by atoms with van der Waals surface area (Å²) in [7, 11) is 0. The van der Waals surface area contributed by atoms with E-state index in [1.807, 2.05) is 43.3 Å². The lowest BCUT2D eigenvalue weighted by Crippen LogP contribution is -2.10. The summed E-state index contributed by atoms with van der Waals surface area (Å²) in [5.41, 5.74) is 2.83. The van der Waals surface area contributed by atoms with Gasteiger partial charge in [-0.3, -0.25) is 10.1 Å². The van der Waals surface area contributed by atoms with Crippen LogP contribution in [-0.4, -0.2) is 10.9 Å². The van der Waals surface area contributed by atoms with E-state index in [1.54, 1.807) is 6.07 Å². The largest absolute Gasteiger partial charge is 0.451 e. The number of nitrogens with one attached hydrogen (secondary N) is 1. The lowest BCUT2D eigenvalue weighted by Gasteiger charge is -2.00. The van der Waals surface area contributed by atoms with Crippen molar-refractivity contribution >= 4 is 49.3 Å². The van der Waals surface area contributed by atoms with Gasteiger partial charge in [-0.1, -0.05) is 46.3 Å². The lowest BCUT2D eigenvalue weighted by atomic mass is 10.1. The van der Waals surface area contributed by atoms with Crippen LogP contribution < -0.4 is 5.32 Å². The second kappa shape index (κ2) is 7.05. The van der Waals surface area contributed by atoms with Crippen LogP contribution in [0.4, 0.5) is 5.13 Å². The maximum atomic E-state index is 12.5. The standard InChI is InChI=1S/C20H15BrN2O2S/c1-12-18(10-13-6-8-15(21)9-7-13)26-20(22-12)23-19(24)17-11-14-4-2-3-5-16(14)25-17/h2-9,11H,10H2,1H3,(H,22,23,24). The van der Waals surface area contributed by atoms with Gasteiger partial charge in [0, 0.05) is 21.2 Å². The Morgan fingerprint density at radius 2 is 1.96 bits per heavy atom. The smallest absolute Gasteiger partial charge is 0.293 e. The molecule has 6 heteroatoms. The summed E-state index contributed by atoms with van der Waals surface area (Å²) in [6, 6.07) is 17.5. The Bertz CT molecular complexity index is 1050. The van der Waals surface area contributed by atoms with Gasteiger partial charge in [0.2, 0.25) is 0 Å². The van der Waals surface area contributed by atoms with Crippen LogP contribution in [0.15, 0.2) is 63.5 Å². The number of amides is 1. The number of carbonyl (C=O) groups excluding carboxylic acids is 1. The van der Waals surface area contributed by atoms with Crippen LogP contribution in [0.2, 0.25) is 0 Å². The number of thiazole rings is 1. The Morgan fingerprint density at radius 1 is 1.19 bits per heavy atom. The molecule has 0 aliphatic carbocycles. The quantitative estimate of drug-likeness (QED) is 0.448. The molecule has 4 aromatic rings. The molecule has 4 rings (SSSR count). The number of hydrogen-bond donors (Lipinski definition) is 1. The number of fused-ring (bicyclic) bond motifs is 1. The first-order chi connectivity index (χ1) is 12.6. The summed E-state index contributed by atoms with van der Waals surface area (Å²) in [6.07, 6.45) is 0.789. The summed E-state index contributed by atoms with van der Waals surface area (Å²) in [6.45, 7) is 1.96. The number of nitrogens with zero attached hydrogens (tertiary/aromatic N) is 1. The SMILES string of the molecule is Cc1nc(NC(=O)c2cc3ccccc3o2)sc1Cc1ccc(Br)cc1. The Labute approximate surface area is 163 Å². The molecule has 1 amide bonds. The van der Waals surface area contributed by atoms with Crippen molar-refractivity contribution in [1.29, 1.82) is 0 Å². The van der Waals surface area contributed by atoms with Crippen LogP contribution in [0.5, 0.6) is 0 Å². The monoisotopic (exact) mass is 426 g/mol. The topological polar surface area (TPSA) is 55.1 Å². The molecule has 4 nitrogen and oxygen atoms in total.